The number of benzene rings is 1. The first kappa shape index (κ1) is 18.0. The number of fused-ring (bicyclic) bond motifs is 1. The van der Waals surface area contributed by atoms with E-state index in [0.717, 1.165) is 35.9 Å². The summed E-state index contributed by atoms with van der Waals surface area (Å²) in [4.78, 5) is 12.6. The molecule has 0 unspecified atom stereocenters. The Morgan fingerprint density at radius 2 is 2.20 bits per heavy atom. The minimum absolute atomic E-state index is 0.0809. The summed E-state index contributed by atoms with van der Waals surface area (Å²) in [6.45, 7) is 6.30. The van der Waals surface area contributed by atoms with Crippen LogP contribution in [0.25, 0.3) is 10.9 Å². The van der Waals surface area contributed by atoms with E-state index in [1.54, 1.807) is 7.11 Å². The van der Waals surface area contributed by atoms with Crippen molar-refractivity contribution < 1.29 is 14.3 Å². The molecule has 5 heteroatoms. The molecule has 1 fully saturated rings. The molecule has 1 saturated heterocycles. The number of nitrogens with one attached hydrogen (secondary N) is 1. The van der Waals surface area contributed by atoms with Crippen molar-refractivity contribution in [2.75, 3.05) is 20.3 Å². The van der Waals surface area contributed by atoms with Crippen LogP contribution in [0.4, 0.5) is 0 Å². The molecule has 3 rings (SSSR count). The van der Waals surface area contributed by atoms with Crippen LogP contribution in [0.2, 0.25) is 0 Å². The zero-order valence-electron chi connectivity index (χ0n) is 15.4. The van der Waals surface area contributed by atoms with Crippen LogP contribution in [0.1, 0.15) is 32.3 Å². The van der Waals surface area contributed by atoms with Crippen LogP contribution >= 0.6 is 0 Å². The molecule has 136 valence electrons. The molecule has 0 aliphatic carbocycles. The molecule has 1 aromatic heterocycles. The number of carbonyl (C=O) groups excluding carboxylic acids is 1. The van der Waals surface area contributed by atoms with E-state index < -0.39 is 0 Å². The molecule has 1 atom stereocenters. The molecule has 1 aliphatic heterocycles. The topological polar surface area (TPSA) is 52.5 Å². The summed E-state index contributed by atoms with van der Waals surface area (Å²) in [5.74, 6) is 0.0809. The summed E-state index contributed by atoms with van der Waals surface area (Å²) in [6, 6.07) is 8.41. The smallest absolute Gasteiger partial charge is 0.224 e. The Morgan fingerprint density at radius 1 is 1.40 bits per heavy atom. The van der Waals surface area contributed by atoms with E-state index in [4.69, 9.17) is 9.47 Å². The lowest BCUT2D eigenvalue weighted by Gasteiger charge is -2.35. The Kier molecular flexibility index (Phi) is 5.45. The molecule has 1 aliphatic rings. The zero-order valence-corrected chi connectivity index (χ0v) is 15.4. The minimum atomic E-state index is -0.160. The van der Waals surface area contributed by atoms with E-state index in [9.17, 15) is 4.79 Å². The van der Waals surface area contributed by atoms with Crippen molar-refractivity contribution in [1.29, 1.82) is 0 Å². The molecular formula is C20H28N2O3. The van der Waals surface area contributed by atoms with Gasteiger partial charge in [0.15, 0.2) is 0 Å². The van der Waals surface area contributed by atoms with E-state index >= 15 is 0 Å². The van der Waals surface area contributed by atoms with E-state index in [-0.39, 0.29) is 17.6 Å². The summed E-state index contributed by atoms with van der Waals surface area (Å²) in [7, 11) is 1.70. The highest BCUT2D eigenvalue weighted by atomic mass is 16.5. The molecule has 2 aromatic rings. The van der Waals surface area contributed by atoms with Gasteiger partial charge in [-0.3, -0.25) is 4.79 Å². The maximum absolute atomic E-state index is 12.6. The second kappa shape index (κ2) is 7.58. The van der Waals surface area contributed by atoms with Crippen LogP contribution in [-0.2, 0) is 27.2 Å². The van der Waals surface area contributed by atoms with Gasteiger partial charge in [-0.1, -0.05) is 18.2 Å². The summed E-state index contributed by atoms with van der Waals surface area (Å²) >= 11 is 0. The molecule has 2 heterocycles. The molecule has 1 aromatic carbocycles. The number of para-hydroxylation sites is 1. The quantitative estimate of drug-likeness (QED) is 0.877. The van der Waals surface area contributed by atoms with Crippen LogP contribution in [0.5, 0.6) is 0 Å². The number of aromatic nitrogens is 1. The molecule has 25 heavy (non-hydrogen) atoms. The lowest BCUT2D eigenvalue weighted by Crippen LogP contribution is -2.46. The molecule has 1 amide bonds. The third-order valence-electron chi connectivity index (χ3n) is 4.82. The summed E-state index contributed by atoms with van der Waals surface area (Å²) in [5, 5.41) is 4.33. The first-order valence-electron chi connectivity index (χ1n) is 8.97. The van der Waals surface area contributed by atoms with Gasteiger partial charge in [-0.05, 0) is 38.3 Å². The van der Waals surface area contributed by atoms with Crippen LogP contribution in [0.3, 0.4) is 0 Å². The van der Waals surface area contributed by atoms with Crippen molar-refractivity contribution in [2.24, 2.45) is 0 Å². The number of ether oxygens (including phenoxy) is 2. The molecule has 1 N–H and O–H groups in total. The Bertz CT molecular complexity index is 736. The van der Waals surface area contributed by atoms with Gasteiger partial charge in [0.05, 0.1) is 18.6 Å². The number of hydrogen-bond donors (Lipinski definition) is 1. The van der Waals surface area contributed by atoms with Crippen LogP contribution in [0, 0.1) is 0 Å². The van der Waals surface area contributed by atoms with Gasteiger partial charge in [0.25, 0.3) is 0 Å². The van der Waals surface area contributed by atoms with Gasteiger partial charge >= 0.3 is 0 Å². The Morgan fingerprint density at radius 3 is 2.96 bits per heavy atom. The standard InChI is InChI=1S/C20H28N2O3/c1-20(2)13-16(8-10-25-20)21-19(23)12-15-14-22(9-11-24-3)18-7-5-4-6-17(15)18/h4-7,14,16H,8-13H2,1-3H3,(H,21,23)/t16-/m0/s1. The highest BCUT2D eigenvalue weighted by Gasteiger charge is 2.29. The average molecular weight is 344 g/mol. The molecule has 5 nitrogen and oxygen atoms in total. The first-order valence-corrected chi connectivity index (χ1v) is 8.97. The predicted molar refractivity (Wildman–Crippen MR) is 98.7 cm³/mol. The lowest BCUT2D eigenvalue weighted by atomic mass is 9.94. The molecule has 0 radical (unpaired) electrons. The monoisotopic (exact) mass is 344 g/mol. The summed E-state index contributed by atoms with van der Waals surface area (Å²) in [6.07, 6.45) is 4.22. The number of rotatable bonds is 6. The van der Waals surface area contributed by atoms with Gasteiger partial charge in [-0.25, -0.2) is 0 Å². The average Bonchev–Trinajstić information content (AvgIpc) is 2.90. The predicted octanol–water partition coefficient (Wildman–Crippen LogP) is 2.90. The largest absolute Gasteiger partial charge is 0.383 e. The van der Waals surface area contributed by atoms with Crippen molar-refractivity contribution in [3.8, 4) is 0 Å². The molecule has 0 saturated carbocycles. The van der Waals surface area contributed by atoms with Crippen LogP contribution in [-0.4, -0.2) is 42.4 Å². The molecular weight excluding hydrogens is 316 g/mol. The third-order valence-corrected chi connectivity index (χ3v) is 4.82. The normalized spacial score (nSPS) is 19.9. The highest BCUT2D eigenvalue weighted by molar-refractivity contribution is 5.89. The van der Waals surface area contributed by atoms with Gasteiger partial charge < -0.3 is 19.4 Å². The first-order chi connectivity index (χ1) is 12.0. The number of hydrogen-bond acceptors (Lipinski definition) is 3. The van der Waals surface area contributed by atoms with Crippen molar-refractivity contribution in [1.82, 2.24) is 9.88 Å². The number of nitrogens with zero attached hydrogens (tertiary/aromatic N) is 1. The second-order valence-corrected chi connectivity index (χ2v) is 7.40. The fourth-order valence-corrected chi connectivity index (χ4v) is 3.65. The second-order valence-electron chi connectivity index (χ2n) is 7.40. The van der Waals surface area contributed by atoms with Crippen molar-refractivity contribution in [3.05, 3.63) is 36.0 Å². The van der Waals surface area contributed by atoms with Gasteiger partial charge in [0.2, 0.25) is 5.91 Å². The van der Waals surface area contributed by atoms with Gasteiger partial charge in [0.1, 0.15) is 0 Å². The molecule has 0 bridgehead atoms. The number of amides is 1. The molecule has 0 spiro atoms. The number of carbonyl (C=O) groups is 1. The van der Waals surface area contributed by atoms with Gasteiger partial charge in [-0.15, -0.1) is 0 Å². The Balaban J connectivity index is 1.70. The van der Waals surface area contributed by atoms with E-state index in [1.807, 2.05) is 12.1 Å². The summed E-state index contributed by atoms with van der Waals surface area (Å²) in [5.41, 5.74) is 2.05. The van der Waals surface area contributed by atoms with Crippen LogP contribution < -0.4 is 5.32 Å². The van der Waals surface area contributed by atoms with Crippen molar-refractivity contribution in [3.63, 3.8) is 0 Å². The van der Waals surface area contributed by atoms with E-state index in [0.29, 0.717) is 19.6 Å². The van der Waals surface area contributed by atoms with Crippen molar-refractivity contribution in [2.45, 2.75) is 51.3 Å². The van der Waals surface area contributed by atoms with Crippen LogP contribution in [0.15, 0.2) is 30.5 Å². The van der Waals surface area contributed by atoms with E-state index in [1.165, 1.54) is 0 Å². The Labute approximate surface area is 149 Å². The third kappa shape index (κ3) is 4.41. The maximum atomic E-state index is 12.6. The Hall–Kier alpha value is -1.85. The minimum Gasteiger partial charge on any atom is -0.383 e. The zero-order chi connectivity index (χ0) is 17.9. The number of methoxy groups -OCH3 is 1. The SMILES string of the molecule is COCCn1cc(CC(=O)N[C@H]2CCOC(C)(C)C2)c2ccccc21. The summed E-state index contributed by atoms with van der Waals surface area (Å²) < 4.78 is 13.1. The van der Waals surface area contributed by atoms with Gasteiger partial charge in [0, 0.05) is 43.4 Å². The van der Waals surface area contributed by atoms with Crippen molar-refractivity contribution >= 4 is 16.8 Å². The highest BCUT2D eigenvalue weighted by Crippen LogP contribution is 2.25. The lowest BCUT2D eigenvalue weighted by molar-refractivity contribution is -0.123. The maximum Gasteiger partial charge on any atom is 0.224 e. The van der Waals surface area contributed by atoms with Gasteiger partial charge in [-0.2, -0.15) is 0 Å². The fourth-order valence-electron chi connectivity index (χ4n) is 3.65. The van der Waals surface area contributed by atoms with E-state index in [2.05, 4.69) is 42.1 Å². The fraction of sp³-hybridized carbons (Fsp3) is 0.550.